The zero-order valence-electron chi connectivity index (χ0n) is 17.9. The minimum atomic E-state index is -0.480. The molecule has 0 atom stereocenters. The number of carbonyl (C=O) groups is 3. The lowest BCUT2D eigenvalue weighted by Crippen LogP contribution is -2.21. The first kappa shape index (κ1) is 23.9. The van der Waals surface area contributed by atoms with E-state index in [0.717, 1.165) is 11.3 Å². The first-order chi connectivity index (χ1) is 14.9. The zero-order chi connectivity index (χ0) is 22.8. The van der Waals surface area contributed by atoms with Crippen LogP contribution in [0.1, 0.15) is 34.6 Å². The molecule has 31 heavy (non-hydrogen) atoms. The van der Waals surface area contributed by atoms with Gasteiger partial charge in [-0.15, -0.1) is 11.3 Å². The van der Waals surface area contributed by atoms with E-state index in [9.17, 15) is 14.4 Å². The topological polar surface area (TPSA) is 100 Å². The normalized spacial score (nSPS) is 10.6. The van der Waals surface area contributed by atoms with Crippen molar-refractivity contribution in [3.8, 4) is 11.5 Å². The lowest BCUT2D eigenvalue weighted by atomic mass is 10.2. The summed E-state index contributed by atoms with van der Waals surface area (Å²) in [6, 6.07) is 6.73. The molecule has 0 saturated heterocycles. The molecule has 1 amide bonds. The van der Waals surface area contributed by atoms with Gasteiger partial charge in [-0.2, -0.15) is 0 Å². The van der Waals surface area contributed by atoms with Crippen LogP contribution in [0.15, 0.2) is 30.3 Å². The molecule has 1 aromatic heterocycles. The SMILES string of the molecule is CCOC(=O)c1cc(CC)sc1NC(=O)COc1ccc(/C=C/C(=O)OC)cc1OC. The molecule has 8 nitrogen and oxygen atoms in total. The van der Waals surface area contributed by atoms with Crippen molar-refractivity contribution in [2.24, 2.45) is 0 Å². The first-order valence-electron chi connectivity index (χ1n) is 9.58. The van der Waals surface area contributed by atoms with Gasteiger partial charge < -0.3 is 24.3 Å². The fourth-order valence-corrected chi connectivity index (χ4v) is 3.52. The molecule has 0 aliphatic carbocycles. The quantitative estimate of drug-likeness (QED) is 0.438. The van der Waals surface area contributed by atoms with Crippen molar-refractivity contribution >= 4 is 40.3 Å². The van der Waals surface area contributed by atoms with Crippen molar-refractivity contribution in [3.63, 3.8) is 0 Å². The van der Waals surface area contributed by atoms with Crippen LogP contribution in [-0.4, -0.2) is 45.3 Å². The van der Waals surface area contributed by atoms with Crippen LogP contribution in [0.5, 0.6) is 11.5 Å². The number of nitrogens with one attached hydrogen (secondary N) is 1. The molecule has 2 aromatic rings. The Morgan fingerprint density at radius 2 is 1.87 bits per heavy atom. The highest BCUT2D eigenvalue weighted by molar-refractivity contribution is 7.16. The first-order valence-corrected chi connectivity index (χ1v) is 10.4. The van der Waals surface area contributed by atoms with Crippen LogP contribution in [0, 0.1) is 0 Å². The summed E-state index contributed by atoms with van der Waals surface area (Å²) in [5.74, 6) is -0.619. The van der Waals surface area contributed by atoms with Crippen LogP contribution in [0.3, 0.4) is 0 Å². The van der Waals surface area contributed by atoms with E-state index in [4.69, 9.17) is 14.2 Å². The highest BCUT2D eigenvalue weighted by Crippen LogP contribution is 2.30. The van der Waals surface area contributed by atoms with Crippen LogP contribution in [0.2, 0.25) is 0 Å². The molecule has 0 radical (unpaired) electrons. The molecule has 1 heterocycles. The van der Waals surface area contributed by atoms with Crippen LogP contribution in [0.4, 0.5) is 5.00 Å². The molecule has 0 saturated carbocycles. The van der Waals surface area contributed by atoms with Crippen LogP contribution in [0.25, 0.3) is 6.08 Å². The fraction of sp³-hybridized carbons (Fsp3) is 0.318. The third-order valence-corrected chi connectivity index (χ3v) is 5.23. The van der Waals surface area contributed by atoms with Crippen molar-refractivity contribution in [2.75, 3.05) is 32.8 Å². The van der Waals surface area contributed by atoms with Gasteiger partial charge in [0.05, 0.1) is 26.4 Å². The van der Waals surface area contributed by atoms with Gasteiger partial charge >= 0.3 is 11.9 Å². The number of thiophene rings is 1. The maximum Gasteiger partial charge on any atom is 0.341 e. The Balaban J connectivity index is 2.06. The van der Waals surface area contributed by atoms with Crippen molar-refractivity contribution in [1.82, 2.24) is 0 Å². The number of benzene rings is 1. The lowest BCUT2D eigenvalue weighted by Gasteiger charge is -2.11. The summed E-state index contributed by atoms with van der Waals surface area (Å²) in [4.78, 5) is 36.7. The van der Waals surface area contributed by atoms with E-state index in [1.807, 2.05) is 6.92 Å². The average Bonchev–Trinajstić information content (AvgIpc) is 3.19. The molecule has 0 fully saturated rings. The monoisotopic (exact) mass is 447 g/mol. The highest BCUT2D eigenvalue weighted by atomic mass is 32.1. The number of esters is 2. The average molecular weight is 448 g/mol. The summed E-state index contributed by atoms with van der Waals surface area (Å²) in [6.45, 7) is 3.65. The standard InChI is InChI=1S/C22H25NO7S/c1-5-15-12-16(22(26)29-6-2)21(31-15)23-19(24)13-30-17-9-7-14(11-18(17)27-3)8-10-20(25)28-4/h7-12H,5-6,13H2,1-4H3,(H,23,24)/b10-8+. The van der Waals surface area contributed by atoms with Gasteiger partial charge in [0.25, 0.3) is 5.91 Å². The Hall–Kier alpha value is -3.33. The van der Waals surface area contributed by atoms with E-state index in [0.29, 0.717) is 27.6 Å². The van der Waals surface area contributed by atoms with Gasteiger partial charge in [0, 0.05) is 11.0 Å². The minimum Gasteiger partial charge on any atom is -0.493 e. The summed E-state index contributed by atoms with van der Waals surface area (Å²) >= 11 is 1.32. The van der Waals surface area contributed by atoms with Crippen LogP contribution in [-0.2, 0) is 25.5 Å². The molecular formula is C22H25NO7S. The molecule has 0 aliphatic rings. The molecule has 0 unspecified atom stereocenters. The van der Waals surface area contributed by atoms with Crippen LogP contribution < -0.4 is 14.8 Å². The van der Waals surface area contributed by atoms with Crippen molar-refractivity contribution < 1.29 is 33.3 Å². The van der Waals surface area contributed by atoms with E-state index in [-0.39, 0.29) is 13.2 Å². The zero-order valence-corrected chi connectivity index (χ0v) is 18.7. The maximum atomic E-state index is 12.4. The van der Waals surface area contributed by atoms with Crippen molar-refractivity contribution in [1.29, 1.82) is 0 Å². The third-order valence-electron chi connectivity index (χ3n) is 4.04. The van der Waals surface area contributed by atoms with Gasteiger partial charge in [-0.1, -0.05) is 13.0 Å². The van der Waals surface area contributed by atoms with Crippen LogP contribution >= 0.6 is 11.3 Å². The van der Waals surface area contributed by atoms with Gasteiger partial charge in [-0.05, 0) is 43.2 Å². The number of hydrogen-bond donors (Lipinski definition) is 1. The fourth-order valence-electron chi connectivity index (χ4n) is 2.52. The predicted molar refractivity (Wildman–Crippen MR) is 118 cm³/mol. The summed E-state index contributed by atoms with van der Waals surface area (Å²) in [5, 5.41) is 3.14. The number of ether oxygens (including phenoxy) is 4. The van der Waals surface area contributed by atoms with E-state index >= 15 is 0 Å². The summed E-state index contributed by atoms with van der Waals surface area (Å²) in [6.07, 6.45) is 3.59. The molecule has 9 heteroatoms. The summed E-state index contributed by atoms with van der Waals surface area (Å²) < 4.78 is 20.5. The molecule has 1 aromatic carbocycles. The Labute approximate surface area is 184 Å². The summed E-state index contributed by atoms with van der Waals surface area (Å²) in [5.41, 5.74) is 1.03. The smallest absolute Gasteiger partial charge is 0.341 e. The second-order valence-electron chi connectivity index (χ2n) is 6.13. The third kappa shape index (κ3) is 6.85. The molecule has 166 valence electrons. The van der Waals surface area contributed by atoms with E-state index in [2.05, 4.69) is 10.1 Å². The largest absolute Gasteiger partial charge is 0.493 e. The highest BCUT2D eigenvalue weighted by Gasteiger charge is 2.19. The molecule has 1 N–H and O–H groups in total. The molecular weight excluding hydrogens is 422 g/mol. The lowest BCUT2D eigenvalue weighted by molar-refractivity contribution is -0.134. The van der Waals surface area contributed by atoms with E-state index in [1.165, 1.54) is 31.6 Å². The molecule has 0 spiro atoms. The van der Waals surface area contributed by atoms with E-state index in [1.54, 1.807) is 37.3 Å². The Morgan fingerprint density at radius 3 is 2.52 bits per heavy atom. The van der Waals surface area contributed by atoms with Gasteiger partial charge in [0.2, 0.25) is 0 Å². The number of hydrogen-bond acceptors (Lipinski definition) is 8. The van der Waals surface area contributed by atoms with Gasteiger partial charge in [-0.25, -0.2) is 9.59 Å². The number of anilines is 1. The second-order valence-corrected chi connectivity index (χ2v) is 7.27. The van der Waals surface area contributed by atoms with Gasteiger partial charge in [-0.3, -0.25) is 4.79 Å². The molecule has 2 rings (SSSR count). The Morgan fingerprint density at radius 1 is 1.10 bits per heavy atom. The van der Waals surface area contributed by atoms with Gasteiger partial charge in [0.15, 0.2) is 18.1 Å². The summed E-state index contributed by atoms with van der Waals surface area (Å²) in [7, 11) is 2.77. The number of methoxy groups -OCH3 is 2. The molecule has 0 bridgehead atoms. The number of carbonyl (C=O) groups excluding carboxylic acids is 3. The second kappa shape index (κ2) is 11.8. The van der Waals surface area contributed by atoms with Gasteiger partial charge in [0.1, 0.15) is 5.00 Å². The van der Waals surface area contributed by atoms with Crippen molar-refractivity contribution in [2.45, 2.75) is 20.3 Å². The number of amides is 1. The number of aryl methyl sites for hydroxylation is 1. The Kier molecular flexibility index (Phi) is 9.08. The Bertz CT molecular complexity index is 965. The maximum absolute atomic E-state index is 12.4. The van der Waals surface area contributed by atoms with Crippen molar-refractivity contribution in [3.05, 3.63) is 46.3 Å². The predicted octanol–water partition coefficient (Wildman–Crippen LogP) is 3.70. The minimum absolute atomic E-state index is 0.247. The molecule has 0 aliphatic heterocycles. The number of rotatable bonds is 10. The van der Waals surface area contributed by atoms with E-state index < -0.39 is 17.8 Å².